The highest BCUT2D eigenvalue weighted by Crippen LogP contribution is 2.44. The van der Waals surface area contributed by atoms with E-state index in [1.54, 1.807) is 7.11 Å². The molecular weight excluding hydrogens is 206 g/mol. The molecule has 0 aromatic heterocycles. The van der Waals surface area contributed by atoms with Crippen LogP contribution in [-0.4, -0.2) is 49.8 Å². The highest BCUT2D eigenvalue weighted by molar-refractivity contribution is 5.82. The lowest BCUT2D eigenvalue weighted by atomic mass is 9.93. The third-order valence-electron chi connectivity index (χ3n) is 3.74. The maximum absolute atomic E-state index is 12.0. The molecule has 0 amide bonds. The van der Waals surface area contributed by atoms with Crippen molar-refractivity contribution in [2.45, 2.75) is 30.8 Å². The molecule has 2 aliphatic heterocycles. The molecule has 2 heterocycles. The molecule has 0 aromatic rings. The lowest BCUT2D eigenvalue weighted by Crippen LogP contribution is -2.50. The van der Waals surface area contributed by atoms with E-state index >= 15 is 0 Å². The van der Waals surface area contributed by atoms with Crippen LogP contribution in [0.2, 0.25) is 0 Å². The number of carbonyl (C=O) groups is 1. The van der Waals surface area contributed by atoms with Crippen LogP contribution in [0.4, 0.5) is 0 Å². The van der Waals surface area contributed by atoms with E-state index in [0.29, 0.717) is 12.6 Å². The molecule has 0 aromatic carbocycles. The molecular formula is C12H19NO3. The van der Waals surface area contributed by atoms with Crippen molar-refractivity contribution in [1.29, 1.82) is 0 Å². The minimum atomic E-state index is -0.449. The summed E-state index contributed by atoms with van der Waals surface area (Å²) >= 11 is 0. The number of ether oxygens (including phenoxy) is 2. The summed E-state index contributed by atoms with van der Waals surface area (Å²) < 4.78 is 10.2. The van der Waals surface area contributed by atoms with Crippen LogP contribution in [-0.2, 0) is 14.3 Å². The fourth-order valence-electron chi connectivity index (χ4n) is 3.08. The zero-order valence-electron chi connectivity index (χ0n) is 9.99. The van der Waals surface area contributed by atoms with Gasteiger partial charge in [0.1, 0.15) is 5.54 Å². The van der Waals surface area contributed by atoms with E-state index in [-0.39, 0.29) is 5.97 Å². The summed E-state index contributed by atoms with van der Waals surface area (Å²) in [5.74, 6) is -0.121. The predicted molar refractivity (Wildman–Crippen MR) is 60.1 cm³/mol. The first-order valence-corrected chi connectivity index (χ1v) is 5.65. The smallest absolute Gasteiger partial charge is 0.326 e. The van der Waals surface area contributed by atoms with E-state index in [0.717, 1.165) is 31.4 Å². The summed E-state index contributed by atoms with van der Waals surface area (Å²) in [6, 6.07) is 0.323. The van der Waals surface area contributed by atoms with Gasteiger partial charge in [0, 0.05) is 19.7 Å². The van der Waals surface area contributed by atoms with Gasteiger partial charge in [0.15, 0.2) is 0 Å². The van der Waals surface area contributed by atoms with Crippen molar-refractivity contribution < 1.29 is 14.3 Å². The molecule has 0 N–H and O–H groups in total. The topological polar surface area (TPSA) is 38.8 Å². The second-order valence-corrected chi connectivity index (χ2v) is 4.73. The predicted octanol–water partition coefficient (Wildman–Crippen LogP) is 0.969. The van der Waals surface area contributed by atoms with Gasteiger partial charge in [-0.3, -0.25) is 9.69 Å². The quantitative estimate of drug-likeness (QED) is 0.530. The van der Waals surface area contributed by atoms with E-state index in [4.69, 9.17) is 9.47 Å². The number of hydrogen-bond acceptors (Lipinski definition) is 4. The zero-order chi connectivity index (χ0) is 11.8. The summed E-state index contributed by atoms with van der Waals surface area (Å²) in [7, 11) is 3.16. The van der Waals surface area contributed by atoms with Gasteiger partial charge in [0.2, 0.25) is 0 Å². The number of esters is 1. The van der Waals surface area contributed by atoms with Crippen LogP contribution < -0.4 is 0 Å². The standard InChI is InChI=1S/C12H19NO3/c1-9-6-12(11(14)16-3)5-4-10(8-15-2)13(12)7-9/h10H,1,4-8H2,2-3H3. The Kier molecular flexibility index (Phi) is 3.04. The monoisotopic (exact) mass is 225 g/mol. The van der Waals surface area contributed by atoms with Gasteiger partial charge in [-0.05, 0) is 19.3 Å². The van der Waals surface area contributed by atoms with Gasteiger partial charge in [0.05, 0.1) is 13.7 Å². The van der Waals surface area contributed by atoms with Crippen molar-refractivity contribution in [2.24, 2.45) is 0 Å². The summed E-state index contributed by atoms with van der Waals surface area (Å²) in [4.78, 5) is 14.2. The molecule has 90 valence electrons. The van der Waals surface area contributed by atoms with E-state index < -0.39 is 5.54 Å². The molecule has 0 aliphatic carbocycles. The van der Waals surface area contributed by atoms with Crippen molar-refractivity contribution >= 4 is 5.97 Å². The van der Waals surface area contributed by atoms with Gasteiger partial charge >= 0.3 is 5.97 Å². The Hall–Kier alpha value is -0.870. The third-order valence-corrected chi connectivity index (χ3v) is 3.74. The normalized spacial score (nSPS) is 34.1. The van der Waals surface area contributed by atoms with Crippen LogP contribution >= 0.6 is 0 Å². The molecule has 2 unspecified atom stereocenters. The maximum Gasteiger partial charge on any atom is 0.326 e. The molecule has 0 spiro atoms. The second kappa shape index (κ2) is 4.18. The van der Waals surface area contributed by atoms with Gasteiger partial charge in [-0.25, -0.2) is 0 Å². The highest BCUT2D eigenvalue weighted by Gasteiger charge is 2.56. The first-order chi connectivity index (χ1) is 7.64. The molecule has 2 rings (SSSR count). The van der Waals surface area contributed by atoms with Crippen molar-refractivity contribution in [3.8, 4) is 0 Å². The Morgan fingerprint density at radius 1 is 1.62 bits per heavy atom. The summed E-state index contributed by atoms with van der Waals surface area (Å²) in [6.07, 6.45) is 2.59. The fourth-order valence-corrected chi connectivity index (χ4v) is 3.08. The minimum absolute atomic E-state index is 0.121. The van der Waals surface area contributed by atoms with Gasteiger partial charge in [-0.15, -0.1) is 0 Å². The van der Waals surface area contributed by atoms with E-state index in [1.807, 2.05) is 0 Å². The van der Waals surface area contributed by atoms with Crippen molar-refractivity contribution in [1.82, 2.24) is 4.90 Å². The average Bonchev–Trinajstić information content (AvgIpc) is 2.75. The van der Waals surface area contributed by atoms with Crippen molar-refractivity contribution in [3.63, 3.8) is 0 Å². The number of methoxy groups -OCH3 is 2. The van der Waals surface area contributed by atoms with E-state index in [2.05, 4.69) is 11.5 Å². The molecule has 2 saturated heterocycles. The minimum Gasteiger partial charge on any atom is -0.468 e. The second-order valence-electron chi connectivity index (χ2n) is 4.73. The lowest BCUT2D eigenvalue weighted by molar-refractivity contribution is -0.152. The third kappa shape index (κ3) is 1.57. The molecule has 4 nitrogen and oxygen atoms in total. The van der Waals surface area contributed by atoms with Gasteiger partial charge in [-0.2, -0.15) is 0 Å². The molecule has 0 saturated carbocycles. The van der Waals surface area contributed by atoms with Gasteiger partial charge < -0.3 is 9.47 Å². The van der Waals surface area contributed by atoms with Crippen LogP contribution in [0.5, 0.6) is 0 Å². The first kappa shape index (κ1) is 11.6. The van der Waals surface area contributed by atoms with Crippen LogP contribution in [0.1, 0.15) is 19.3 Å². The largest absolute Gasteiger partial charge is 0.468 e. The summed E-state index contributed by atoms with van der Waals surface area (Å²) in [5.41, 5.74) is 0.667. The molecule has 2 atom stereocenters. The Bertz CT molecular complexity index is 315. The summed E-state index contributed by atoms with van der Waals surface area (Å²) in [5, 5.41) is 0. The summed E-state index contributed by atoms with van der Waals surface area (Å²) in [6.45, 7) is 5.47. The van der Waals surface area contributed by atoms with Crippen LogP contribution in [0.25, 0.3) is 0 Å². The maximum atomic E-state index is 12.0. The molecule has 0 bridgehead atoms. The Balaban J connectivity index is 2.23. The lowest BCUT2D eigenvalue weighted by Gasteiger charge is -2.31. The fraction of sp³-hybridized carbons (Fsp3) is 0.750. The SMILES string of the molecule is C=C1CN2C(COC)CCC2(C(=O)OC)C1. The van der Waals surface area contributed by atoms with E-state index in [9.17, 15) is 4.79 Å². The van der Waals surface area contributed by atoms with E-state index in [1.165, 1.54) is 7.11 Å². The van der Waals surface area contributed by atoms with Gasteiger partial charge in [-0.1, -0.05) is 12.2 Å². The zero-order valence-corrected chi connectivity index (χ0v) is 9.99. The van der Waals surface area contributed by atoms with Gasteiger partial charge in [0.25, 0.3) is 0 Å². The van der Waals surface area contributed by atoms with Crippen LogP contribution in [0.3, 0.4) is 0 Å². The van der Waals surface area contributed by atoms with Crippen LogP contribution in [0.15, 0.2) is 12.2 Å². The Labute approximate surface area is 96.2 Å². The number of carbonyl (C=O) groups excluding carboxylic acids is 1. The molecule has 16 heavy (non-hydrogen) atoms. The molecule has 0 radical (unpaired) electrons. The number of rotatable bonds is 3. The number of hydrogen-bond donors (Lipinski definition) is 0. The first-order valence-electron chi connectivity index (χ1n) is 5.65. The molecule has 2 aliphatic rings. The van der Waals surface area contributed by atoms with Crippen molar-refractivity contribution in [3.05, 3.63) is 12.2 Å². The number of fused-ring (bicyclic) bond motifs is 1. The number of nitrogens with zero attached hydrogens (tertiary/aromatic N) is 1. The highest BCUT2D eigenvalue weighted by atomic mass is 16.5. The average molecular weight is 225 g/mol. The molecule has 2 fully saturated rings. The van der Waals surface area contributed by atoms with Crippen molar-refractivity contribution in [2.75, 3.05) is 27.4 Å². The Morgan fingerprint density at radius 3 is 3.00 bits per heavy atom. The van der Waals surface area contributed by atoms with Crippen LogP contribution in [0, 0.1) is 0 Å². The molecule has 4 heteroatoms. The Morgan fingerprint density at radius 2 is 2.38 bits per heavy atom.